The third-order valence-electron chi connectivity index (χ3n) is 0.368. The van der Waals surface area contributed by atoms with E-state index < -0.39 is 0 Å². The summed E-state index contributed by atoms with van der Waals surface area (Å²) in [5, 5.41) is 8.00. The minimum atomic E-state index is 0.899. The largest absolute Gasteiger partial charge is 0.516 e. The molecular formula is C4H8OS. The van der Waals surface area contributed by atoms with Crippen molar-refractivity contribution in [3.8, 4) is 0 Å². The van der Waals surface area contributed by atoms with Gasteiger partial charge in [0.05, 0.1) is 6.26 Å². The highest BCUT2D eigenvalue weighted by Crippen LogP contribution is 1.88. The van der Waals surface area contributed by atoms with Crippen LogP contribution in [0.3, 0.4) is 0 Å². The highest BCUT2D eigenvalue weighted by Gasteiger charge is 1.65. The molecule has 1 nitrogen and oxygen atoms in total. The summed E-state index contributed by atoms with van der Waals surface area (Å²) in [4.78, 5) is 0. The Hall–Kier alpha value is -0.110. The second kappa shape index (κ2) is 4.89. The smallest absolute Gasteiger partial charge is 0.0760 e. The van der Waals surface area contributed by atoms with Crippen molar-refractivity contribution in [1.82, 2.24) is 0 Å². The number of thioether (sulfide) groups is 1. The normalized spacial score (nSPS) is 10.2. The molecule has 0 aliphatic carbocycles. The van der Waals surface area contributed by atoms with Gasteiger partial charge in [-0.05, 0) is 12.3 Å². The van der Waals surface area contributed by atoms with Crippen LogP contribution in [0.1, 0.15) is 0 Å². The molecule has 0 radical (unpaired) electrons. The first-order chi connectivity index (χ1) is 2.91. The van der Waals surface area contributed by atoms with Gasteiger partial charge in [-0.1, -0.05) is 0 Å². The maximum absolute atomic E-state index is 8.00. The fourth-order valence-electron chi connectivity index (χ4n) is 0.139. The van der Waals surface area contributed by atoms with Crippen molar-refractivity contribution in [2.45, 2.75) is 0 Å². The molecule has 0 aliphatic rings. The van der Waals surface area contributed by atoms with Gasteiger partial charge in [-0.3, -0.25) is 0 Å². The molecule has 0 amide bonds. The first kappa shape index (κ1) is 5.89. The fraction of sp³-hybridized carbons (Fsp3) is 0.500. The van der Waals surface area contributed by atoms with E-state index in [0.29, 0.717) is 0 Å². The van der Waals surface area contributed by atoms with Crippen LogP contribution in [0.2, 0.25) is 0 Å². The predicted octanol–water partition coefficient (Wildman–Crippen LogP) is 1.42. The van der Waals surface area contributed by atoms with Crippen LogP contribution in [0, 0.1) is 0 Å². The van der Waals surface area contributed by atoms with E-state index in [4.69, 9.17) is 5.11 Å². The molecule has 0 aromatic heterocycles. The van der Waals surface area contributed by atoms with Gasteiger partial charge in [-0.2, -0.15) is 11.8 Å². The molecule has 0 fully saturated rings. The molecule has 0 saturated carbocycles. The summed E-state index contributed by atoms with van der Waals surface area (Å²) < 4.78 is 0. The first-order valence-electron chi connectivity index (χ1n) is 1.70. The minimum absolute atomic E-state index is 0.899. The van der Waals surface area contributed by atoms with Crippen LogP contribution >= 0.6 is 11.8 Å². The van der Waals surface area contributed by atoms with Gasteiger partial charge in [-0.25, -0.2) is 0 Å². The number of hydrogen-bond donors (Lipinski definition) is 1. The number of rotatable bonds is 2. The zero-order chi connectivity index (χ0) is 4.83. The van der Waals surface area contributed by atoms with Gasteiger partial charge in [0, 0.05) is 5.75 Å². The molecule has 0 heterocycles. The van der Waals surface area contributed by atoms with Crippen LogP contribution in [0.15, 0.2) is 12.3 Å². The fourth-order valence-corrected chi connectivity index (χ4v) is 0.418. The van der Waals surface area contributed by atoms with E-state index in [9.17, 15) is 0 Å². The van der Waals surface area contributed by atoms with Crippen LogP contribution in [0.4, 0.5) is 0 Å². The van der Waals surface area contributed by atoms with Crippen molar-refractivity contribution >= 4 is 11.8 Å². The Bertz CT molecular complexity index is 42.8. The highest BCUT2D eigenvalue weighted by molar-refractivity contribution is 7.98. The molecule has 36 valence electrons. The third kappa shape index (κ3) is 3.89. The lowest BCUT2D eigenvalue weighted by molar-refractivity contribution is 0.473. The standard InChI is InChI=1S/C4H8OS/c1-6-4-2-3-5/h2-3,5H,4H2,1H3. The average molecular weight is 104 g/mol. The Morgan fingerprint density at radius 2 is 2.50 bits per heavy atom. The Labute approximate surface area is 42.1 Å². The van der Waals surface area contributed by atoms with Gasteiger partial charge < -0.3 is 5.11 Å². The van der Waals surface area contributed by atoms with Gasteiger partial charge in [0.1, 0.15) is 0 Å². The summed E-state index contributed by atoms with van der Waals surface area (Å²) >= 11 is 1.68. The Morgan fingerprint density at radius 1 is 1.83 bits per heavy atom. The van der Waals surface area contributed by atoms with Crippen LogP contribution in [-0.4, -0.2) is 17.1 Å². The quantitative estimate of drug-likeness (QED) is 0.535. The molecule has 0 unspecified atom stereocenters. The second-order valence-electron chi connectivity index (χ2n) is 0.840. The Kier molecular flexibility index (Phi) is 4.80. The van der Waals surface area contributed by atoms with E-state index in [1.165, 1.54) is 0 Å². The van der Waals surface area contributed by atoms with Crippen LogP contribution in [0.25, 0.3) is 0 Å². The molecule has 0 saturated heterocycles. The monoisotopic (exact) mass is 104 g/mol. The summed E-state index contributed by atoms with van der Waals surface area (Å²) in [5.74, 6) is 0.899. The van der Waals surface area contributed by atoms with Crippen molar-refractivity contribution < 1.29 is 5.11 Å². The van der Waals surface area contributed by atoms with Crippen LogP contribution in [-0.2, 0) is 0 Å². The van der Waals surface area contributed by atoms with E-state index in [0.717, 1.165) is 12.0 Å². The molecular weight excluding hydrogens is 96.1 g/mol. The first-order valence-corrected chi connectivity index (χ1v) is 3.09. The van der Waals surface area contributed by atoms with E-state index in [-0.39, 0.29) is 0 Å². The molecule has 0 bridgehead atoms. The van der Waals surface area contributed by atoms with Crippen molar-refractivity contribution in [1.29, 1.82) is 0 Å². The third-order valence-corrected chi connectivity index (χ3v) is 0.894. The van der Waals surface area contributed by atoms with Crippen molar-refractivity contribution in [2.24, 2.45) is 0 Å². The zero-order valence-electron chi connectivity index (χ0n) is 3.72. The van der Waals surface area contributed by atoms with Gasteiger partial charge in [-0.15, -0.1) is 0 Å². The van der Waals surface area contributed by atoms with Gasteiger partial charge >= 0.3 is 0 Å². The number of hydrogen-bond acceptors (Lipinski definition) is 2. The minimum Gasteiger partial charge on any atom is -0.516 e. The summed E-state index contributed by atoms with van der Waals surface area (Å²) in [6.07, 6.45) is 4.75. The van der Waals surface area contributed by atoms with Gasteiger partial charge in [0.2, 0.25) is 0 Å². The lowest BCUT2D eigenvalue weighted by Gasteiger charge is -1.76. The highest BCUT2D eigenvalue weighted by atomic mass is 32.2. The Balaban J connectivity index is 2.66. The van der Waals surface area contributed by atoms with Gasteiger partial charge in [0.15, 0.2) is 0 Å². The van der Waals surface area contributed by atoms with Crippen LogP contribution < -0.4 is 0 Å². The van der Waals surface area contributed by atoms with E-state index in [1.54, 1.807) is 17.8 Å². The molecule has 0 aliphatic heterocycles. The lowest BCUT2D eigenvalue weighted by atomic mass is 10.7. The summed E-state index contributed by atoms with van der Waals surface area (Å²) in [6, 6.07) is 0. The van der Waals surface area contributed by atoms with Crippen molar-refractivity contribution in [2.75, 3.05) is 12.0 Å². The predicted molar refractivity (Wildman–Crippen MR) is 30.2 cm³/mol. The molecule has 1 N–H and O–H groups in total. The van der Waals surface area contributed by atoms with E-state index in [2.05, 4.69) is 0 Å². The Morgan fingerprint density at radius 3 is 2.67 bits per heavy atom. The van der Waals surface area contributed by atoms with Gasteiger partial charge in [0.25, 0.3) is 0 Å². The van der Waals surface area contributed by atoms with Crippen molar-refractivity contribution in [3.63, 3.8) is 0 Å². The summed E-state index contributed by atoms with van der Waals surface area (Å²) in [6.45, 7) is 0. The zero-order valence-corrected chi connectivity index (χ0v) is 4.53. The van der Waals surface area contributed by atoms with E-state index >= 15 is 0 Å². The second-order valence-corrected chi connectivity index (χ2v) is 1.75. The average Bonchev–Trinajstić information content (AvgIpc) is 1.61. The number of aliphatic hydroxyl groups excluding tert-OH is 1. The molecule has 0 aromatic rings. The summed E-state index contributed by atoms with van der Waals surface area (Å²) in [7, 11) is 0. The van der Waals surface area contributed by atoms with E-state index in [1.807, 2.05) is 6.26 Å². The maximum Gasteiger partial charge on any atom is 0.0760 e. The SMILES string of the molecule is CSCC=CO. The molecule has 6 heavy (non-hydrogen) atoms. The molecule has 0 rings (SSSR count). The lowest BCUT2D eigenvalue weighted by Crippen LogP contribution is -1.62. The molecule has 0 spiro atoms. The summed E-state index contributed by atoms with van der Waals surface area (Å²) in [5.41, 5.74) is 0. The molecule has 0 aromatic carbocycles. The maximum atomic E-state index is 8.00. The van der Waals surface area contributed by atoms with Crippen molar-refractivity contribution in [3.05, 3.63) is 12.3 Å². The molecule has 0 atom stereocenters. The molecule has 2 heteroatoms. The van der Waals surface area contributed by atoms with Crippen LogP contribution in [0.5, 0.6) is 0 Å². The number of aliphatic hydroxyl groups is 1. The topological polar surface area (TPSA) is 20.2 Å².